The van der Waals surface area contributed by atoms with Gasteiger partial charge < -0.3 is 9.47 Å². The summed E-state index contributed by atoms with van der Waals surface area (Å²) < 4.78 is 11.5. The summed E-state index contributed by atoms with van der Waals surface area (Å²) in [6.45, 7) is 5.31. The molecule has 0 saturated carbocycles. The third-order valence-electron chi connectivity index (χ3n) is 3.30. The lowest BCUT2D eigenvalue weighted by Crippen LogP contribution is -2.17. The Bertz CT molecular complexity index is 647. The Labute approximate surface area is 125 Å². The number of aliphatic imine (C=N–C) groups is 1. The molecular formula is C18H19NO2. The molecule has 0 radical (unpaired) electrons. The SMILES string of the molecule is CC1(C)COC(c2cccc(OCc3ccccc3)c2)=N1. The molecule has 1 aliphatic rings. The summed E-state index contributed by atoms with van der Waals surface area (Å²) in [4.78, 5) is 4.59. The fraction of sp³-hybridized carbons (Fsp3) is 0.278. The van der Waals surface area contributed by atoms with E-state index in [1.54, 1.807) is 0 Å². The molecule has 2 aromatic rings. The van der Waals surface area contributed by atoms with Crippen molar-refractivity contribution < 1.29 is 9.47 Å². The van der Waals surface area contributed by atoms with E-state index < -0.39 is 0 Å². The van der Waals surface area contributed by atoms with E-state index in [-0.39, 0.29) is 5.54 Å². The molecule has 3 rings (SSSR count). The fourth-order valence-corrected chi connectivity index (χ4v) is 2.19. The Hall–Kier alpha value is -2.29. The van der Waals surface area contributed by atoms with Crippen LogP contribution in [0, 0.1) is 0 Å². The van der Waals surface area contributed by atoms with Crippen molar-refractivity contribution in [3.63, 3.8) is 0 Å². The highest BCUT2D eigenvalue weighted by Crippen LogP contribution is 2.23. The number of hydrogen-bond donors (Lipinski definition) is 0. The monoisotopic (exact) mass is 281 g/mol. The largest absolute Gasteiger partial charge is 0.489 e. The summed E-state index contributed by atoms with van der Waals surface area (Å²) in [6, 6.07) is 18.0. The molecule has 1 aliphatic heterocycles. The Balaban J connectivity index is 1.72. The van der Waals surface area contributed by atoms with Gasteiger partial charge in [0.1, 0.15) is 19.0 Å². The predicted octanol–water partition coefficient (Wildman–Crippen LogP) is 3.82. The molecule has 1 heterocycles. The molecule has 0 aromatic heterocycles. The zero-order valence-electron chi connectivity index (χ0n) is 12.4. The molecule has 3 nitrogen and oxygen atoms in total. The Morgan fingerprint density at radius 3 is 2.62 bits per heavy atom. The van der Waals surface area contributed by atoms with Crippen LogP contribution in [-0.2, 0) is 11.3 Å². The maximum Gasteiger partial charge on any atom is 0.216 e. The first kappa shape index (κ1) is 13.7. The van der Waals surface area contributed by atoms with Crippen LogP contribution in [0.5, 0.6) is 5.75 Å². The lowest BCUT2D eigenvalue weighted by atomic mass is 10.1. The van der Waals surface area contributed by atoms with Crippen LogP contribution in [0.1, 0.15) is 25.0 Å². The zero-order valence-corrected chi connectivity index (χ0v) is 12.4. The number of nitrogens with zero attached hydrogens (tertiary/aromatic N) is 1. The van der Waals surface area contributed by atoms with Gasteiger partial charge in [0.25, 0.3) is 0 Å². The van der Waals surface area contributed by atoms with Crippen LogP contribution in [0.2, 0.25) is 0 Å². The van der Waals surface area contributed by atoms with E-state index in [9.17, 15) is 0 Å². The van der Waals surface area contributed by atoms with Crippen LogP contribution in [-0.4, -0.2) is 18.0 Å². The van der Waals surface area contributed by atoms with E-state index in [1.165, 1.54) is 0 Å². The number of rotatable bonds is 4. The number of benzene rings is 2. The molecule has 0 saturated heterocycles. The van der Waals surface area contributed by atoms with Gasteiger partial charge in [-0.1, -0.05) is 36.4 Å². The van der Waals surface area contributed by atoms with Gasteiger partial charge in [-0.25, -0.2) is 4.99 Å². The highest BCUT2D eigenvalue weighted by Gasteiger charge is 2.27. The molecule has 21 heavy (non-hydrogen) atoms. The van der Waals surface area contributed by atoms with Gasteiger partial charge in [0.15, 0.2) is 0 Å². The summed E-state index contributed by atoms with van der Waals surface area (Å²) in [5, 5.41) is 0. The fourth-order valence-electron chi connectivity index (χ4n) is 2.19. The van der Waals surface area contributed by atoms with Crippen LogP contribution in [0.25, 0.3) is 0 Å². The van der Waals surface area contributed by atoms with Crippen LogP contribution in [0.3, 0.4) is 0 Å². The zero-order chi connectivity index (χ0) is 14.7. The summed E-state index contributed by atoms with van der Waals surface area (Å²) in [5.41, 5.74) is 1.97. The van der Waals surface area contributed by atoms with E-state index in [1.807, 2.05) is 42.5 Å². The highest BCUT2D eigenvalue weighted by atomic mass is 16.5. The molecule has 0 aliphatic carbocycles. The van der Waals surface area contributed by atoms with Crippen molar-refractivity contribution in [1.29, 1.82) is 0 Å². The number of hydrogen-bond acceptors (Lipinski definition) is 3. The van der Waals surface area contributed by atoms with Crippen molar-refractivity contribution >= 4 is 5.90 Å². The van der Waals surface area contributed by atoms with Gasteiger partial charge in [0, 0.05) is 5.56 Å². The van der Waals surface area contributed by atoms with Crippen molar-refractivity contribution in [2.24, 2.45) is 4.99 Å². The van der Waals surface area contributed by atoms with E-state index in [0.29, 0.717) is 19.1 Å². The van der Waals surface area contributed by atoms with Gasteiger partial charge in [-0.2, -0.15) is 0 Å². The van der Waals surface area contributed by atoms with Crippen molar-refractivity contribution in [2.75, 3.05) is 6.61 Å². The second-order valence-electron chi connectivity index (χ2n) is 5.82. The molecule has 0 spiro atoms. The predicted molar refractivity (Wildman–Crippen MR) is 83.8 cm³/mol. The van der Waals surface area contributed by atoms with Crippen LogP contribution < -0.4 is 4.74 Å². The molecule has 3 heteroatoms. The van der Waals surface area contributed by atoms with Crippen molar-refractivity contribution in [3.05, 3.63) is 65.7 Å². The average molecular weight is 281 g/mol. The van der Waals surface area contributed by atoms with Gasteiger partial charge in [-0.05, 0) is 37.6 Å². The second-order valence-corrected chi connectivity index (χ2v) is 5.82. The summed E-state index contributed by atoms with van der Waals surface area (Å²) in [5.74, 6) is 1.53. The Kier molecular flexibility index (Phi) is 3.65. The normalized spacial score (nSPS) is 16.2. The lowest BCUT2D eigenvalue weighted by Gasteiger charge is -2.08. The maximum atomic E-state index is 5.83. The molecule has 0 bridgehead atoms. The lowest BCUT2D eigenvalue weighted by molar-refractivity contribution is 0.279. The van der Waals surface area contributed by atoms with Crippen molar-refractivity contribution in [3.8, 4) is 5.75 Å². The van der Waals surface area contributed by atoms with Gasteiger partial charge in [0.05, 0.1) is 5.54 Å². The van der Waals surface area contributed by atoms with Gasteiger partial charge in [-0.3, -0.25) is 0 Å². The molecule has 0 atom stereocenters. The first-order valence-electron chi connectivity index (χ1n) is 7.12. The van der Waals surface area contributed by atoms with E-state index in [0.717, 1.165) is 16.9 Å². The summed E-state index contributed by atoms with van der Waals surface area (Å²) >= 11 is 0. The second kappa shape index (κ2) is 5.60. The quantitative estimate of drug-likeness (QED) is 0.853. The third kappa shape index (κ3) is 3.43. The van der Waals surface area contributed by atoms with Gasteiger partial charge in [-0.15, -0.1) is 0 Å². The van der Waals surface area contributed by atoms with Crippen LogP contribution >= 0.6 is 0 Å². The minimum absolute atomic E-state index is 0.143. The molecule has 0 amide bonds. The van der Waals surface area contributed by atoms with Crippen molar-refractivity contribution in [1.82, 2.24) is 0 Å². The first-order chi connectivity index (χ1) is 10.1. The van der Waals surface area contributed by atoms with Crippen LogP contribution in [0.15, 0.2) is 59.6 Å². The third-order valence-corrected chi connectivity index (χ3v) is 3.30. The van der Waals surface area contributed by atoms with Gasteiger partial charge >= 0.3 is 0 Å². The average Bonchev–Trinajstić information content (AvgIpc) is 2.87. The molecule has 0 N–H and O–H groups in total. The topological polar surface area (TPSA) is 30.8 Å². The Morgan fingerprint density at radius 2 is 1.90 bits per heavy atom. The molecular weight excluding hydrogens is 262 g/mol. The van der Waals surface area contributed by atoms with Gasteiger partial charge in [0.2, 0.25) is 5.90 Å². The summed E-state index contributed by atoms with van der Waals surface area (Å²) in [7, 11) is 0. The van der Waals surface area contributed by atoms with E-state index >= 15 is 0 Å². The summed E-state index contributed by atoms with van der Waals surface area (Å²) in [6.07, 6.45) is 0. The highest BCUT2D eigenvalue weighted by molar-refractivity contribution is 5.95. The standard InChI is InChI=1S/C18H19NO2/c1-18(2)13-21-17(19-18)15-9-6-10-16(11-15)20-12-14-7-4-3-5-8-14/h3-11H,12-13H2,1-2H3. The molecule has 2 aromatic carbocycles. The van der Waals surface area contributed by atoms with E-state index in [2.05, 4.69) is 31.0 Å². The molecule has 0 fully saturated rings. The van der Waals surface area contributed by atoms with Crippen molar-refractivity contribution in [2.45, 2.75) is 26.0 Å². The maximum absolute atomic E-state index is 5.83. The minimum Gasteiger partial charge on any atom is -0.489 e. The molecule has 0 unspecified atom stereocenters. The first-order valence-corrected chi connectivity index (χ1v) is 7.12. The number of ether oxygens (including phenoxy) is 2. The minimum atomic E-state index is -0.143. The van der Waals surface area contributed by atoms with Crippen LogP contribution in [0.4, 0.5) is 0 Å². The smallest absolute Gasteiger partial charge is 0.216 e. The van der Waals surface area contributed by atoms with E-state index in [4.69, 9.17) is 9.47 Å². The molecule has 108 valence electrons. The Morgan fingerprint density at radius 1 is 1.10 bits per heavy atom.